The van der Waals surface area contributed by atoms with Gasteiger partial charge < -0.3 is 16.9 Å². The second kappa shape index (κ2) is 17.1. The highest BCUT2D eigenvalue weighted by molar-refractivity contribution is 9.09. The number of unbranched alkanes of at least 4 members (excludes halogenated alkanes) is 8. The van der Waals surface area contributed by atoms with Crippen molar-refractivity contribution < 1.29 is 16.9 Å². The zero-order valence-corrected chi connectivity index (χ0v) is 17.2. The lowest BCUT2D eigenvalue weighted by molar-refractivity contribution is -0.910. The second-order valence-electron chi connectivity index (χ2n) is 6.66. The molecule has 0 aromatic carbocycles. The molecule has 0 bridgehead atoms. The smallest absolute Gasteiger partial charge is 0.0784 e. The molecule has 3 heteroatoms. The van der Waals surface area contributed by atoms with Crippen LogP contribution in [0, 0.1) is 0 Å². The van der Waals surface area contributed by atoms with Gasteiger partial charge in [0.25, 0.3) is 0 Å². The largest absolute Gasteiger partial charge is 1.00 e. The Hall–Kier alpha value is 0.730. The molecule has 0 saturated heterocycles. The van der Waals surface area contributed by atoms with Crippen molar-refractivity contribution in [2.75, 3.05) is 32.0 Å². The molecule has 1 nitrogen and oxygen atoms in total. The number of quaternary nitrogens is 1. The van der Waals surface area contributed by atoms with Crippen molar-refractivity contribution >= 4 is 15.9 Å². The molecule has 0 saturated carbocycles. The van der Waals surface area contributed by atoms with Crippen molar-refractivity contribution in [1.82, 2.24) is 0 Å². The summed E-state index contributed by atoms with van der Waals surface area (Å²) in [6.07, 6.45) is 15.4. The average molecular weight is 385 g/mol. The van der Waals surface area contributed by atoms with Gasteiger partial charge in [0.05, 0.1) is 26.7 Å². The van der Waals surface area contributed by atoms with Gasteiger partial charge in [-0.2, -0.15) is 0 Å². The molecule has 0 heterocycles. The molecule has 0 rings (SSSR count). The van der Waals surface area contributed by atoms with Gasteiger partial charge >= 0.3 is 0 Å². The van der Waals surface area contributed by atoms with Crippen LogP contribution < -0.4 is 12.4 Å². The zero-order chi connectivity index (χ0) is 15.1. The van der Waals surface area contributed by atoms with Gasteiger partial charge in [-0.15, -0.1) is 0 Å². The molecule has 0 aromatic rings. The maximum absolute atomic E-state index is 3.56. The predicted molar refractivity (Wildman–Crippen MR) is 96.7 cm³/mol. The van der Waals surface area contributed by atoms with Crippen LogP contribution in [-0.2, 0) is 0 Å². The fraction of sp³-hybridized carbons (Fsp3) is 1.00. The van der Waals surface area contributed by atoms with Crippen molar-refractivity contribution in [3.63, 3.8) is 0 Å². The summed E-state index contributed by atoms with van der Waals surface area (Å²) in [5, 5.41) is 1.17. The Morgan fingerprint density at radius 2 is 1.00 bits per heavy atom. The van der Waals surface area contributed by atoms with E-state index in [1.54, 1.807) is 0 Å². The Morgan fingerprint density at radius 3 is 1.43 bits per heavy atom. The first-order valence-electron chi connectivity index (χ1n) is 9.08. The van der Waals surface area contributed by atoms with Crippen LogP contribution in [0.25, 0.3) is 0 Å². The fourth-order valence-corrected chi connectivity index (χ4v) is 3.34. The third-order valence-corrected chi connectivity index (χ3v) is 5.00. The number of hydrogen-bond acceptors (Lipinski definition) is 0. The first kappa shape index (κ1) is 24.0. The summed E-state index contributed by atoms with van der Waals surface area (Å²) in [6.45, 7) is 8.78. The van der Waals surface area contributed by atoms with Crippen molar-refractivity contribution in [1.29, 1.82) is 0 Å². The van der Waals surface area contributed by atoms with Gasteiger partial charge in [-0.1, -0.05) is 61.9 Å². The fourth-order valence-electron chi connectivity index (χ4n) is 2.94. The highest BCUT2D eigenvalue weighted by Crippen LogP contribution is 2.14. The Kier molecular flexibility index (Phi) is 19.5. The standard InChI is InChI=1S/C18H39BrN.ClH/c1-4-6-8-10-13-17-20(3,18-14-11-15-19)16-12-9-7-5-2;/h4-18H2,1-3H3;1H/q+1;/p-1. The molecular formula is C18H39BrClN. The molecule has 1 unspecified atom stereocenters. The van der Waals surface area contributed by atoms with Gasteiger partial charge in [-0.25, -0.2) is 0 Å². The number of alkyl halides is 1. The highest BCUT2D eigenvalue weighted by atomic mass is 79.9. The van der Waals surface area contributed by atoms with E-state index in [-0.39, 0.29) is 12.4 Å². The average Bonchev–Trinajstić information content (AvgIpc) is 2.44. The molecule has 0 amide bonds. The van der Waals surface area contributed by atoms with Crippen LogP contribution in [0.3, 0.4) is 0 Å². The summed E-state index contributed by atoms with van der Waals surface area (Å²) in [5.41, 5.74) is 0. The normalized spacial score (nSPS) is 13.7. The molecule has 0 aromatic heterocycles. The van der Waals surface area contributed by atoms with Gasteiger partial charge in [0.15, 0.2) is 0 Å². The first-order chi connectivity index (χ1) is 9.68. The SMILES string of the molecule is CCCCCCC[N+](C)(CCCCBr)CCCCCC.[Cl-]. The summed E-state index contributed by atoms with van der Waals surface area (Å²) >= 11 is 3.56. The van der Waals surface area contributed by atoms with Gasteiger partial charge in [0, 0.05) is 5.33 Å². The molecule has 0 aliphatic carbocycles. The predicted octanol–water partition coefficient (Wildman–Crippen LogP) is 3.16. The lowest BCUT2D eigenvalue weighted by atomic mass is 10.1. The minimum Gasteiger partial charge on any atom is -1.00 e. The van der Waals surface area contributed by atoms with E-state index in [0.29, 0.717) is 0 Å². The minimum absolute atomic E-state index is 0. The first-order valence-corrected chi connectivity index (χ1v) is 10.2. The highest BCUT2D eigenvalue weighted by Gasteiger charge is 2.19. The Labute approximate surface area is 149 Å². The van der Waals surface area contributed by atoms with Crippen molar-refractivity contribution in [3.05, 3.63) is 0 Å². The molecule has 0 radical (unpaired) electrons. The quantitative estimate of drug-likeness (QED) is 0.231. The Morgan fingerprint density at radius 1 is 0.619 bits per heavy atom. The van der Waals surface area contributed by atoms with E-state index >= 15 is 0 Å². The van der Waals surface area contributed by atoms with Crippen LogP contribution in [0.1, 0.15) is 84.5 Å². The van der Waals surface area contributed by atoms with Crippen molar-refractivity contribution in [2.24, 2.45) is 0 Å². The van der Waals surface area contributed by atoms with E-state index in [2.05, 4.69) is 36.8 Å². The molecule has 0 spiro atoms. The topological polar surface area (TPSA) is 0 Å². The van der Waals surface area contributed by atoms with Crippen LogP contribution in [0.15, 0.2) is 0 Å². The third-order valence-electron chi connectivity index (χ3n) is 4.43. The van der Waals surface area contributed by atoms with Gasteiger partial charge in [-0.3, -0.25) is 0 Å². The van der Waals surface area contributed by atoms with Crippen LogP contribution in [0.2, 0.25) is 0 Å². The lowest BCUT2D eigenvalue weighted by Crippen LogP contribution is -3.00. The second-order valence-corrected chi connectivity index (χ2v) is 7.45. The van der Waals surface area contributed by atoms with E-state index in [1.165, 1.54) is 100 Å². The van der Waals surface area contributed by atoms with Crippen molar-refractivity contribution in [2.45, 2.75) is 84.5 Å². The Balaban J connectivity index is 0. The van der Waals surface area contributed by atoms with E-state index in [9.17, 15) is 0 Å². The van der Waals surface area contributed by atoms with Crippen LogP contribution >= 0.6 is 15.9 Å². The van der Waals surface area contributed by atoms with Gasteiger partial charge in [-0.05, 0) is 38.5 Å². The minimum atomic E-state index is 0. The number of rotatable bonds is 15. The monoisotopic (exact) mass is 383 g/mol. The molecule has 0 aliphatic heterocycles. The molecule has 0 aliphatic rings. The number of halogens is 2. The number of nitrogens with zero attached hydrogens (tertiary/aromatic N) is 1. The molecule has 1 atom stereocenters. The zero-order valence-electron chi connectivity index (χ0n) is 14.8. The van der Waals surface area contributed by atoms with Crippen LogP contribution in [0.4, 0.5) is 0 Å². The van der Waals surface area contributed by atoms with Crippen LogP contribution in [0.5, 0.6) is 0 Å². The number of hydrogen-bond donors (Lipinski definition) is 0. The maximum atomic E-state index is 3.56. The molecular weight excluding hydrogens is 346 g/mol. The summed E-state index contributed by atoms with van der Waals surface area (Å²) in [7, 11) is 2.50. The Bertz CT molecular complexity index is 202. The van der Waals surface area contributed by atoms with E-state index < -0.39 is 0 Å². The molecule has 21 heavy (non-hydrogen) atoms. The third kappa shape index (κ3) is 15.4. The summed E-state index contributed by atoms with van der Waals surface area (Å²) in [4.78, 5) is 0. The molecule has 0 fully saturated rings. The van der Waals surface area contributed by atoms with E-state index in [4.69, 9.17) is 0 Å². The molecule has 130 valence electrons. The summed E-state index contributed by atoms with van der Waals surface area (Å²) in [6, 6.07) is 0. The van der Waals surface area contributed by atoms with Crippen molar-refractivity contribution in [3.8, 4) is 0 Å². The van der Waals surface area contributed by atoms with Gasteiger partial charge in [0.1, 0.15) is 0 Å². The van der Waals surface area contributed by atoms with Gasteiger partial charge in [0.2, 0.25) is 0 Å². The summed E-state index contributed by atoms with van der Waals surface area (Å²) < 4.78 is 1.32. The maximum Gasteiger partial charge on any atom is 0.0784 e. The van der Waals surface area contributed by atoms with Crippen LogP contribution in [-0.4, -0.2) is 36.5 Å². The van der Waals surface area contributed by atoms with E-state index in [1.807, 2.05) is 0 Å². The lowest BCUT2D eigenvalue weighted by Gasteiger charge is -2.35. The van der Waals surface area contributed by atoms with E-state index in [0.717, 1.165) is 0 Å². The molecule has 0 N–H and O–H groups in total. The summed E-state index contributed by atoms with van der Waals surface area (Å²) in [5.74, 6) is 0.